The zero-order chi connectivity index (χ0) is 13.8. The fourth-order valence-electron chi connectivity index (χ4n) is 1.80. The lowest BCUT2D eigenvalue weighted by atomic mass is 10.0. The molecule has 1 aromatic carbocycles. The Morgan fingerprint density at radius 2 is 2.16 bits per heavy atom. The third-order valence-electron chi connectivity index (χ3n) is 2.75. The van der Waals surface area contributed by atoms with Gasteiger partial charge in [0.05, 0.1) is 18.2 Å². The third-order valence-corrected chi connectivity index (χ3v) is 3.48. The molecule has 0 radical (unpaired) electrons. The van der Waals surface area contributed by atoms with Gasteiger partial charge in [0.2, 0.25) is 0 Å². The molecule has 0 amide bonds. The van der Waals surface area contributed by atoms with E-state index < -0.39 is 6.10 Å². The fourth-order valence-corrected chi connectivity index (χ4v) is 2.48. The minimum absolute atomic E-state index is 0.481. The molecule has 1 aromatic heterocycles. The molecule has 0 aliphatic carbocycles. The molecule has 2 aromatic rings. The summed E-state index contributed by atoms with van der Waals surface area (Å²) in [6.07, 6.45) is 3.30. The summed E-state index contributed by atoms with van der Waals surface area (Å²) in [5, 5.41) is 10.7. The van der Waals surface area contributed by atoms with Gasteiger partial charge in [-0.05, 0) is 45.3 Å². The van der Waals surface area contributed by atoms with Crippen molar-refractivity contribution in [2.45, 2.75) is 12.5 Å². The van der Waals surface area contributed by atoms with Gasteiger partial charge in [0.25, 0.3) is 0 Å². The van der Waals surface area contributed by atoms with Crippen molar-refractivity contribution in [1.29, 1.82) is 0 Å². The maximum atomic E-state index is 10.2. The van der Waals surface area contributed by atoms with Crippen molar-refractivity contribution < 1.29 is 9.84 Å². The van der Waals surface area contributed by atoms with Crippen LogP contribution in [0.2, 0.25) is 5.02 Å². The Morgan fingerprint density at radius 1 is 1.37 bits per heavy atom. The van der Waals surface area contributed by atoms with Gasteiger partial charge in [-0.2, -0.15) is 0 Å². The monoisotopic (exact) mass is 341 g/mol. The maximum Gasteiger partial charge on any atom is 0.137 e. The van der Waals surface area contributed by atoms with Gasteiger partial charge in [0.1, 0.15) is 5.75 Å². The lowest BCUT2D eigenvalue weighted by molar-refractivity contribution is 0.178. The van der Waals surface area contributed by atoms with E-state index in [0.717, 1.165) is 15.6 Å². The van der Waals surface area contributed by atoms with Gasteiger partial charge in [0.15, 0.2) is 0 Å². The van der Waals surface area contributed by atoms with E-state index in [0.29, 0.717) is 17.2 Å². The molecular formula is C14H13BrClNO2. The van der Waals surface area contributed by atoms with Crippen LogP contribution >= 0.6 is 27.5 Å². The minimum atomic E-state index is -0.625. The smallest absolute Gasteiger partial charge is 0.137 e. The first-order valence-corrected chi connectivity index (χ1v) is 6.88. The lowest BCUT2D eigenvalue weighted by Gasteiger charge is -2.12. The molecule has 0 bridgehead atoms. The van der Waals surface area contributed by atoms with E-state index >= 15 is 0 Å². The van der Waals surface area contributed by atoms with Crippen molar-refractivity contribution in [3.05, 3.63) is 57.3 Å². The molecule has 0 saturated carbocycles. The summed E-state index contributed by atoms with van der Waals surface area (Å²) in [4.78, 5) is 4.07. The number of hydrogen-bond acceptors (Lipinski definition) is 3. The Balaban J connectivity index is 2.15. The van der Waals surface area contributed by atoms with Crippen LogP contribution in [0.25, 0.3) is 0 Å². The van der Waals surface area contributed by atoms with E-state index in [1.54, 1.807) is 37.7 Å². The Bertz CT molecular complexity index is 577. The van der Waals surface area contributed by atoms with E-state index in [1.165, 1.54) is 0 Å². The van der Waals surface area contributed by atoms with E-state index in [1.807, 2.05) is 6.07 Å². The third kappa shape index (κ3) is 3.69. The van der Waals surface area contributed by atoms with Crippen molar-refractivity contribution in [3.63, 3.8) is 0 Å². The number of pyridine rings is 1. The van der Waals surface area contributed by atoms with Gasteiger partial charge in [0, 0.05) is 23.3 Å². The highest BCUT2D eigenvalue weighted by atomic mass is 79.9. The molecule has 1 unspecified atom stereocenters. The zero-order valence-electron chi connectivity index (χ0n) is 10.3. The van der Waals surface area contributed by atoms with Crippen LogP contribution in [0.15, 0.2) is 41.1 Å². The summed E-state index contributed by atoms with van der Waals surface area (Å²) in [5.74, 6) is 0.599. The Kier molecular flexibility index (Phi) is 4.80. The number of halogens is 2. The Morgan fingerprint density at radius 3 is 2.79 bits per heavy atom. The minimum Gasteiger partial charge on any atom is -0.495 e. The molecule has 1 N–H and O–H groups in total. The van der Waals surface area contributed by atoms with Gasteiger partial charge in [-0.25, -0.2) is 0 Å². The number of hydrogen-bond donors (Lipinski definition) is 1. The molecule has 0 aliphatic heterocycles. The van der Waals surface area contributed by atoms with Crippen LogP contribution in [-0.4, -0.2) is 17.2 Å². The number of aliphatic hydroxyl groups is 1. The van der Waals surface area contributed by atoms with E-state index in [2.05, 4.69) is 20.9 Å². The second-order valence-electron chi connectivity index (χ2n) is 4.13. The summed E-state index contributed by atoms with van der Waals surface area (Å²) in [5.41, 5.74) is 1.71. The number of ether oxygens (including phenoxy) is 1. The SMILES string of the molecule is COc1ccc(C(O)Cc2cncc(Br)c2)cc1Cl. The van der Waals surface area contributed by atoms with Crippen molar-refractivity contribution in [2.24, 2.45) is 0 Å². The maximum absolute atomic E-state index is 10.2. The highest BCUT2D eigenvalue weighted by Gasteiger charge is 2.11. The molecule has 2 rings (SSSR count). The van der Waals surface area contributed by atoms with Crippen LogP contribution in [0.4, 0.5) is 0 Å². The molecule has 5 heteroatoms. The first-order chi connectivity index (χ1) is 9.10. The van der Waals surface area contributed by atoms with Crippen molar-refractivity contribution in [3.8, 4) is 5.75 Å². The molecule has 0 aliphatic rings. The predicted molar refractivity (Wildman–Crippen MR) is 78.6 cm³/mol. The van der Waals surface area contributed by atoms with Gasteiger partial charge in [-0.1, -0.05) is 17.7 Å². The van der Waals surface area contributed by atoms with Crippen molar-refractivity contribution in [2.75, 3.05) is 7.11 Å². The van der Waals surface area contributed by atoms with Crippen LogP contribution in [-0.2, 0) is 6.42 Å². The summed E-state index contributed by atoms with van der Waals surface area (Å²) >= 11 is 9.40. The normalized spacial score (nSPS) is 12.2. The molecular weight excluding hydrogens is 330 g/mol. The van der Waals surface area contributed by atoms with Crippen LogP contribution in [0.3, 0.4) is 0 Å². The van der Waals surface area contributed by atoms with E-state index in [-0.39, 0.29) is 0 Å². The van der Waals surface area contributed by atoms with E-state index in [9.17, 15) is 5.11 Å². The lowest BCUT2D eigenvalue weighted by Crippen LogP contribution is -2.02. The summed E-state index contributed by atoms with van der Waals surface area (Å²) in [7, 11) is 1.56. The molecule has 19 heavy (non-hydrogen) atoms. The predicted octanol–water partition coefficient (Wildman–Crippen LogP) is 3.78. The topological polar surface area (TPSA) is 42.4 Å². The largest absolute Gasteiger partial charge is 0.495 e. The Labute approximate surface area is 125 Å². The molecule has 0 fully saturated rings. The van der Waals surface area contributed by atoms with E-state index in [4.69, 9.17) is 16.3 Å². The molecule has 1 heterocycles. The van der Waals surface area contributed by atoms with Crippen LogP contribution in [0.5, 0.6) is 5.75 Å². The number of benzene rings is 1. The van der Waals surface area contributed by atoms with Crippen molar-refractivity contribution in [1.82, 2.24) is 4.98 Å². The first-order valence-electron chi connectivity index (χ1n) is 5.71. The summed E-state index contributed by atoms with van der Waals surface area (Å²) < 4.78 is 5.98. The van der Waals surface area contributed by atoms with Gasteiger partial charge < -0.3 is 9.84 Å². The molecule has 1 atom stereocenters. The fraction of sp³-hybridized carbons (Fsp3) is 0.214. The average Bonchev–Trinajstić information content (AvgIpc) is 2.38. The quantitative estimate of drug-likeness (QED) is 0.919. The zero-order valence-corrected chi connectivity index (χ0v) is 12.6. The number of rotatable bonds is 4. The highest BCUT2D eigenvalue weighted by molar-refractivity contribution is 9.10. The molecule has 3 nitrogen and oxygen atoms in total. The number of methoxy groups -OCH3 is 1. The molecule has 0 saturated heterocycles. The highest BCUT2D eigenvalue weighted by Crippen LogP contribution is 2.29. The molecule has 0 spiro atoms. The second kappa shape index (κ2) is 6.37. The summed E-state index contributed by atoms with van der Waals surface area (Å²) in [6.45, 7) is 0. The van der Waals surface area contributed by atoms with Gasteiger partial charge >= 0.3 is 0 Å². The standard InChI is InChI=1S/C14H13BrClNO2/c1-19-14-3-2-10(6-12(14)16)13(18)5-9-4-11(15)8-17-7-9/h2-4,6-8,13,18H,5H2,1H3. The second-order valence-corrected chi connectivity index (χ2v) is 5.45. The number of aliphatic hydroxyl groups excluding tert-OH is 1. The first kappa shape index (κ1) is 14.3. The number of aromatic nitrogens is 1. The van der Waals surface area contributed by atoms with Gasteiger partial charge in [-0.15, -0.1) is 0 Å². The average molecular weight is 343 g/mol. The van der Waals surface area contributed by atoms with Crippen LogP contribution in [0, 0.1) is 0 Å². The van der Waals surface area contributed by atoms with Crippen molar-refractivity contribution >= 4 is 27.5 Å². The molecule has 100 valence electrons. The summed E-state index contributed by atoms with van der Waals surface area (Å²) in [6, 6.07) is 7.21. The Hall–Kier alpha value is -1.10. The number of nitrogens with zero attached hydrogens (tertiary/aromatic N) is 1. The van der Waals surface area contributed by atoms with Crippen LogP contribution in [0.1, 0.15) is 17.2 Å². The van der Waals surface area contributed by atoms with Gasteiger partial charge in [-0.3, -0.25) is 4.98 Å². The van der Waals surface area contributed by atoms with Crippen LogP contribution < -0.4 is 4.74 Å².